The summed E-state index contributed by atoms with van der Waals surface area (Å²) in [6.07, 6.45) is 4.76. The monoisotopic (exact) mass is 382 g/mol. The summed E-state index contributed by atoms with van der Waals surface area (Å²) in [6, 6.07) is 12.9. The third-order valence-corrected chi connectivity index (χ3v) is 5.79. The Bertz CT molecular complexity index is 1180. The number of aryl methyl sites for hydroxylation is 1. The molecule has 27 heavy (non-hydrogen) atoms. The molecule has 8 nitrogen and oxygen atoms in total. The highest BCUT2D eigenvalue weighted by molar-refractivity contribution is 7.89. The highest BCUT2D eigenvalue weighted by Crippen LogP contribution is 2.26. The number of aromatic nitrogens is 5. The predicted octanol–water partition coefficient (Wildman–Crippen LogP) is 1.81. The Morgan fingerprint density at radius 3 is 2.74 bits per heavy atom. The maximum absolute atomic E-state index is 12.6. The molecule has 2 aromatic carbocycles. The molecule has 0 atom stereocenters. The number of nitrogens with one attached hydrogen (secondary N) is 1. The van der Waals surface area contributed by atoms with Crippen molar-refractivity contribution in [1.82, 2.24) is 29.3 Å². The summed E-state index contributed by atoms with van der Waals surface area (Å²) >= 11 is 0. The zero-order valence-corrected chi connectivity index (χ0v) is 15.5. The van der Waals surface area contributed by atoms with Crippen LogP contribution in [0.5, 0.6) is 0 Å². The van der Waals surface area contributed by atoms with E-state index in [2.05, 4.69) is 19.9 Å². The fourth-order valence-corrected chi connectivity index (χ4v) is 3.96. The summed E-state index contributed by atoms with van der Waals surface area (Å²) in [4.78, 5) is 4.06. The molecular weight excluding hydrogens is 364 g/mol. The number of nitrogens with zero attached hydrogens (tertiary/aromatic N) is 5. The first-order valence-electron chi connectivity index (χ1n) is 8.37. The molecule has 0 aliphatic carbocycles. The highest BCUT2D eigenvalue weighted by Gasteiger charge is 2.14. The van der Waals surface area contributed by atoms with E-state index in [1.807, 2.05) is 31.3 Å². The molecule has 0 bridgehead atoms. The van der Waals surface area contributed by atoms with Gasteiger partial charge in [-0.2, -0.15) is 10.2 Å². The Morgan fingerprint density at radius 2 is 1.93 bits per heavy atom. The molecule has 0 unspecified atom stereocenters. The van der Waals surface area contributed by atoms with E-state index in [0.717, 1.165) is 22.0 Å². The SMILES string of the molecule is Cn1ncc2ccc(-c3cccc(S(=O)(=O)NCCn4cncn4)c3)cc21. The van der Waals surface area contributed by atoms with Gasteiger partial charge in [0.1, 0.15) is 12.7 Å². The summed E-state index contributed by atoms with van der Waals surface area (Å²) in [7, 11) is -1.73. The van der Waals surface area contributed by atoms with Gasteiger partial charge in [-0.25, -0.2) is 18.1 Å². The van der Waals surface area contributed by atoms with E-state index in [1.165, 1.54) is 6.33 Å². The minimum atomic E-state index is -3.61. The summed E-state index contributed by atoms with van der Waals surface area (Å²) in [5.74, 6) is 0. The van der Waals surface area contributed by atoms with Gasteiger partial charge in [0.15, 0.2) is 0 Å². The number of hydrogen-bond donors (Lipinski definition) is 1. The molecule has 2 aromatic heterocycles. The first-order chi connectivity index (χ1) is 13.0. The first kappa shape index (κ1) is 17.4. The molecule has 4 rings (SSSR count). The predicted molar refractivity (Wildman–Crippen MR) is 101 cm³/mol. The van der Waals surface area contributed by atoms with Crippen LogP contribution in [-0.2, 0) is 23.6 Å². The number of hydrogen-bond acceptors (Lipinski definition) is 5. The van der Waals surface area contributed by atoms with Crippen molar-refractivity contribution in [2.75, 3.05) is 6.54 Å². The molecule has 0 saturated carbocycles. The smallest absolute Gasteiger partial charge is 0.240 e. The minimum absolute atomic E-state index is 0.226. The second kappa shape index (κ2) is 6.93. The van der Waals surface area contributed by atoms with Crippen molar-refractivity contribution in [3.8, 4) is 11.1 Å². The quantitative estimate of drug-likeness (QED) is 0.549. The molecule has 9 heteroatoms. The number of benzene rings is 2. The highest BCUT2D eigenvalue weighted by atomic mass is 32.2. The van der Waals surface area contributed by atoms with E-state index in [9.17, 15) is 8.42 Å². The lowest BCUT2D eigenvalue weighted by Gasteiger charge is -2.09. The van der Waals surface area contributed by atoms with E-state index in [0.29, 0.717) is 6.54 Å². The molecule has 0 fully saturated rings. The summed E-state index contributed by atoms with van der Waals surface area (Å²) in [5.41, 5.74) is 2.76. The summed E-state index contributed by atoms with van der Waals surface area (Å²) in [5, 5.41) is 9.24. The minimum Gasteiger partial charge on any atom is -0.268 e. The Morgan fingerprint density at radius 1 is 1.07 bits per heavy atom. The standard InChI is InChI=1S/C18H18N6O2S/c1-23-18-10-15(5-6-16(18)11-20-23)14-3-2-4-17(9-14)27(25,26)22-7-8-24-13-19-12-21-24/h2-6,9-13,22H,7-8H2,1H3. The fourth-order valence-electron chi connectivity index (χ4n) is 2.89. The molecule has 2 heterocycles. The van der Waals surface area contributed by atoms with E-state index in [1.54, 1.807) is 40.1 Å². The van der Waals surface area contributed by atoms with Crippen molar-refractivity contribution in [3.63, 3.8) is 0 Å². The molecular formula is C18H18N6O2S. The largest absolute Gasteiger partial charge is 0.268 e. The van der Waals surface area contributed by atoms with Crippen molar-refractivity contribution >= 4 is 20.9 Å². The molecule has 1 N–H and O–H groups in total. The molecule has 0 aliphatic rings. The molecule has 0 radical (unpaired) electrons. The molecule has 4 aromatic rings. The number of fused-ring (bicyclic) bond motifs is 1. The van der Waals surface area contributed by atoms with Crippen LogP contribution in [0.2, 0.25) is 0 Å². The first-order valence-corrected chi connectivity index (χ1v) is 9.85. The second-order valence-corrected chi connectivity index (χ2v) is 7.89. The lowest BCUT2D eigenvalue weighted by Crippen LogP contribution is -2.27. The van der Waals surface area contributed by atoms with E-state index >= 15 is 0 Å². The summed E-state index contributed by atoms with van der Waals surface area (Å²) < 4.78 is 31.2. The van der Waals surface area contributed by atoms with Crippen LogP contribution in [0.25, 0.3) is 22.0 Å². The molecule has 0 saturated heterocycles. The maximum Gasteiger partial charge on any atom is 0.240 e. The van der Waals surface area contributed by atoms with Gasteiger partial charge in [-0.15, -0.1) is 0 Å². The van der Waals surface area contributed by atoms with Crippen LogP contribution in [0.4, 0.5) is 0 Å². The van der Waals surface area contributed by atoms with Crippen molar-refractivity contribution in [2.45, 2.75) is 11.4 Å². The molecule has 0 amide bonds. The van der Waals surface area contributed by atoms with Crippen molar-refractivity contribution < 1.29 is 8.42 Å². The van der Waals surface area contributed by atoms with Crippen LogP contribution in [-0.4, -0.2) is 39.5 Å². The van der Waals surface area contributed by atoms with Gasteiger partial charge in [0.05, 0.1) is 23.2 Å². The van der Waals surface area contributed by atoms with Crippen LogP contribution in [0.1, 0.15) is 0 Å². The van der Waals surface area contributed by atoms with Crippen LogP contribution in [0, 0.1) is 0 Å². The van der Waals surface area contributed by atoms with Gasteiger partial charge >= 0.3 is 0 Å². The van der Waals surface area contributed by atoms with Crippen molar-refractivity contribution in [1.29, 1.82) is 0 Å². The topological polar surface area (TPSA) is 94.7 Å². The second-order valence-electron chi connectivity index (χ2n) is 6.13. The van der Waals surface area contributed by atoms with Gasteiger partial charge in [-0.3, -0.25) is 9.36 Å². The third-order valence-electron chi connectivity index (χ3n) is 4.33. The zero-order valence-electron chi connectivity index (χ0n) is 14.6. The van der Waals surface area contributed by atoms with Crippen LogP contribution >= 0.6 is 0 Å². The number of rotatable bonds is 6. The fraction of sp³-hybridized carbons (Fsp3) is 0.167. The zero-order chi connectivity index (χ0) is 18.9. The van der Waals surface area contributed by atoms with Gasteiger partial charge in [0, 0.05) is 19.0 Å². The lowest BCUT2D eigenvalue weighted by molar-refractivity contribution is 0.560. The van der Waals surface area contributed by atoms with Crippen LogP contribution in [0.15, 0.2) is 66.2 Å². The van der Waals surface area contributed by atoms with Crippen molar-refractivity contribution in [3.05, 3.63) is 61.3 Å². The van der Waals surface area contributed by atoms with Crippen molar-refractivity contribution in [2.24, 2.45) is 7.05 Å². The average molecular weight is 382 g/mol. The third kappa shape index (κ3) is 3.60. The Kier molecular flexibility index (Phi) is 4.46. The lowest BCUT2D eigenvalue weighted by atomic mass is 10.0. The van der Waals surface area contributed by atoms with Gasteiger partial charge in [0.25, 0.3) is 0 Å². The van der Waals surface area contributed by atoms with Gasteiger partial charge in [-0.1, -0.05) is 24.3 Å². The average Bonchev–Trinajstić information content (AvgIpc) is 3.32. The van der Waals surface area contributed by atoms with Gasteiger partial charge < -0.3 is 0 Å². The van der Waals surface area contributed by atoms with E-state index in [-0.39, 0.29) is 11.4 Å². The Balaban J connectivity index is 1.57. The van der Waals surface area contributed by atoms with Gasteiger partial charge in [-0.05, 0) is 29.3 Å². The Labute approximate surface area is 156 Å². The maximum atomic E-state index is 12.6. The van der Waals surface area contributed by atoms with Crippen LogP contribution in [0.3, 0.4) is 0 Å². The normalized spacial score (nSPS) is 11.9. The molecule has 138 valence electrons. The summed E-state index contributed by atoms with van der Waals surface area (Å²) in [6.45, 7) is 0.646. The molecule has 0 spiro atoms. The number of sulfonamides is 1. The van der Waals surface area contributed by atoms with E-state index < -0.39 is 10.0 Å². The van der Waals surface area contributed by atoms with E-state index in [4.69, 9.17) is 0 Å². The van der Waals surface area contributed by atoms with Gasteiger partial charge in [0.2, 0.25) is 10.0 Å². The molecule has 0 aliphatic heterocycles. The Hall–Kier alpha value is -3.04. The van der Waals surface area contributed by atoms with Crippen LogP contribution < -0.4 is 4.72 Å².